The number of nitro groups is 1. The summed E-state index contributed by atoms with van der Waals surface area (Å²) in [6.07, 6.45) is 1.13. The molecule has 3 N–H and O–H groups in total. The Morgan fingerprint density at radius 3 is 2.07 bits per heavy atom. The molecule has 0 aliphatic rings. The number of aliphatic carboxylic acids is 1. The molecule has 1 heterocycles. The second kappa shape index (κ2) is 14.8. The first-order chi connectivity index (χ1) is 20.8. The molecule has 14 nitrogen and oxygen atoms in total. The largest absolute Gasteiger partial charge is 0.480 e. The average molecular weight is 611 g/mol. The summed E-state index contributed by atoms with van der Waals surface area (Å²) in [5, 5.41) is 21.4. The van der Waals surface area contributed by atoms with Crippen LogP contribution in [0.15, 0.2) is 48.5 Å². The Kier molecular flexibility index (Phi) is 11.3. The quantitative estimate of drug-likeness (QED) is 0.135. The van der Waals surface area contributed by atoms with E-state index in [2.05, 4.69) is 9.97 Å². The molecule has 14 heteroatoms. The third-order valence-corrected chi connectivity index (χ3v) is 5.99. The lowest BCUT2D eigenvalue weighted by atomic mass is 10.2. The first kappa shape index (κ1) is 33.4. The Bertz CT molecular complexity index is 1440. The number of nitrogens with two attached hydrogens (primary N) is 1. The molecule has 3 aromatic rings. The van der Waals surface area contributed by atoms with Crippen molar-refractivity contribution >= 4 is 29.4 Å². The lowest BCUT2D eigenvalue weighted by molar-refractivity contribution is -0.383. The molecule has 0 bridgehead atoms. The number of carbonyl (C=O) groups is 2. The summed E-state index contributed by atoms with van der Waals surface area (Å²) in [7, 11) is 1.66. The topological polar surface area (TPSA) is 183 Å². The average Bonchev–Trinajstić information content (AvgIpc) is 2.93. The number of anilines is 2. The van der Waals surface area contributed by atoms with E-state index in [1.807, 2.05) is 39.8 Å². The maximum Gasteiger partial charge on any atom is 0.410 e. The van der Waals surface area contributed by atoms with Crippen molar-refractivity contribution in [3.8, 4) is 17.5 Å². The number of rotatable bonds is 14. The van der Waals surface area contributed by atoms with Crippen LogP contribution >= 0.6 is 0 Å². The van der Waals surface area contributed by atoms with Crippen LogP contribution in [0.25, 0.3) is 0 Å². The van der Waals surface area contributed by atoms with Crippen molar-refractivity contribution < 1.29 is 33.8 Å². The van der Waals surface area contributed by atoms with E-state index in [9.17, 15) is 24.8 Å². The number of aromatic nitrogens is 2. The predicted molar refractivity (Wildman–Crippen MR) is 163 cm³/mol. The van der Waals surface area contributed by atoms with Crippen molar-refractivity contribution in [1.29, 1.82) is 0 Å². The minimum atomic E-state index is -1.22. The van der Waals surface area contributed by atoms with Crippen LogP contribution in [-0.2, 0) is 22.6 Å². The molecule has 0 atom stereocenters. The number of hydrogen-bond acceptors (Lipinski definition) is 11. The fourth-order valence-corrected chi connectivity index (χ4v) is 3.94. The molecule has 0 aliphatic heterocycles. The van der Waals surface area contributed by atoms with Crippen LogP contribution in [0.5, 0.6) is 17.5 Å². The van der Waals surface area contributed by atoms with Gasteiger partial charge in [0.15, 0.2) is 0 Å². The van der Waals surface area contributed by atoms with Crippen molar-refractivity contribution in [2.45, 2.75) is 59.2 Å². The second-order valence-electron chi connectivity index (χ2n) is 11.0. The first-order valence-electron chi connectivity index (χ1n) is 14.0. The fraction of sp³-hybridized carbons (Fsp3) is 0.400. The molecule has 0 unspecified atom stereocenters. The van der Waals surface area contributed by atoms with E-state index >= 15 is 0 Å². The van der Waals surface area contributed by atoms with Crippen LogP contribution in [0.1, 0.15) is 51.7 Å². The predicted octanol–water partition coefficient (Wildman–Crippen LogP) is 5.40. The molecule has 0 aliphatic carbocycles. The van der Waals surface area contributed by atoms with E-state index < -0.39 is 40.6 Å². The van der Waals surface area contributed by atoms with E-state index in [1.54, 1.807) is 43.4 Å². The summed E-state index contributed by atoms with van der Waals surface area (Å²) >= 11 is 0. The SMILES string of the molecule is CCCCOc1nc(N)c([N+](=O)[O-])c(N(CC(=O)O)Cc2ccc(Oc3ccc(CN(C)C(=O)OC(C)(C)C)cc3)cc2)n1. The highest BCUT2D eigenvalue weighted by Gasteiger charge is 2.29. The molecular weight excluding hydrogens is 572 g/mol. The summed E-state index contributed by atoms with van der Waals surface area (Å²) in [6.45, 7) is 7.42. The van der Waals surface area contributed by atoms with Crippen LogP contribution in [-0.4, -0.2) is 62.8 Å². The minimum Gasteiger partial charge on any atom is -0.480 e. The molecule has 0 saturated heterocycles. The number of hydrogen-bond donors (Lipinski definition) is 2. The van der Waals surface area contributed by atoms with Gasteiger partial charge >= 0.3 is 23.8 Å². The van der Waals surface area contributed by atoms with Crippen molar-refractivity contribution in [3.63, 3.8) is 0 Å². The Morgan fingerprint density at radius 2 is 1.57 bits per heavy atom. The summed E-state index contributed by atoms with van der Waals surface area (Å²) in [4.78, 5) is 45.7. The lowest BCUT2D eigenvalue weighted by Gasteiger charge is -2.24. The van der Waals surface area contributed by atoms with E-state index in [1.165, 1.54) is 9.80 Å². The normalized spacial score (nSPS) is 11.0. The Labute approximate surface area is 255 Å². The van der Waals surface area contributed by atoms with E-state index in [4.69, 9.17) is 19.9 Å². The molecule has 0 spiro atoms. The molecule has 2 aromatic carbocycles. The zero-order chi connectivity index (χ0) is 32.4. The van der Waals surface area contributed by atoms with Crippen LogP contribution in [0, 0.1) is 10.1 Å². The highest BCUT2D eigenvalue weighted by atomic mass is 16.6. The van der Waals surface area contributed by atoms with Crippen LogP contribution in [0.4, 0.5) is 22.1 Å². The van der Waals surface area contributed by atoms with Crippen LogP contribution in [0.3, 0.4) is 0 Å². The maximum atomic E-state index is 12.2. The third-order valence-electron chi connectivity index (χ3n) is 5.99. The molecular formula is C30H38N6O8. The molecule has 0 radical (unpaired) electrons. The van der Waals surface area contributed by atoms with E-state index in [-0.39, 0.29) is 25.0 Å². The van der Waals surface area contributed by atoms with Gasteiger partial charge < -0.3 is 34.9 Å². The summed E-state index contributed by atoms with van der Waals surface area (Å²) in [5.74, 6) is -0.814. The van der Waals surface area contributed by atoms with Gasteiger partial charge in [0.1, 0.15) is 23.6 Å². The zero-order valence-electron chi connectivity index (χ0n) is 25.5. The van der Waals surface area contributed by atoms with Gasteiger partial charge in [-0.3, -0.25) is 14.9 Å². The number of nitrogen functional groups attached to an aromatic ring is 1. The van der Waals surface area contributed by atoms with Gasteiger partial charge in [0, 0.05) is 20.1 Å². The van der Waals surface area contributed by atoms with Crippen molar-refractivity contribution in [3.05, 3.63) is 69.8 Å². The number of carbonyl (C=O) groups excluding carboxylic acids is 1. The molecule has 1 aromatic heterocycles. The van der Waals surface area contributed by atoms with Crippen molar-refractivity contribution in [2.24, 2.45) is 0 Å². The highest BCUT2D eigenvalue weighted by molar-refractivity contribution is 5.77. The minimum absolute atomic E-state index is 0.0296. The van der Waals surface area contributed by atoms with Crippen LogP contribution in [0.2, 0.25) is 0 Å². The van der Waals surface area contributed by atoms with E-state index in [0.717, 1.165) is 12.0 Å². The van der Waals surface area contributed by atoms with Gasteiger partial charge in [-0.05, 0) is 62.6 Å². The van der Waals surface area contributed by atoms with Gasteiger partial charge in [-0.2, -0.15) is 9.97 Å². The number of amides is 1. The number of nitrogens with zero attached hydrogens (tertiary/aromatic N) is 5. The molecule has 0 fully saturated rings. The van der Waals surface area contributed by atoms with Gasteiger partial charge in [-0.15, -0.1) is 0 Å². The van der Waals surface area contributed by atoms with Gasteiger partial charge in [-0.25, -0.2) is 4.79 Å². The summed E-state index contributed by atoms with van der Waals surface area (Å²) in [6, 6.07) is 13.9. The number of unbranched alkanes of at least 4 members (excludes halogenated alkanes) is 1. The number of carboxylic acid groups (broad SMARTS) is 1. The maximum absolute atomic E-state index is 12.2. The lowest BCUT2D eigenvalue weighted by Crippen LogP contribution is -2.33. The van der Waals surface area contributed by atoms with Crippen molar-refractivity contribution in [1.82, 2.24) is 14.9 Å². The fourth-order valence-electron chi connectivity index (χ4n) is 3.94. The third kappa shape index (κ3) is 10.00. The summed E-state index contributed by atoms with van der Waals surface area (Å²) in [5.41, 5.74) is 6.21. The number of ether oxygens (including phenoxy) is 3. The smallest absolute Gasteiger partial charge is 0.410 e. The molecule has 0 saturated carbocycles. The number of carboxylic acids is 1. The Morgan fingerprint density at radius 1 is 1.00 bits per heavy atom. The van der Waals surface area contributed by atoms with Gasteiger partial charge in [0.2, 0.25) is 11.6 Å². The van der Waals surface area contributed by atoms with Gasteiger partial charge in [0.25, 0.3) is 0 Å². The molecule has 3 rings (SSSR count). The monoisotopic (exact) mass is 610 g/mol. The molecule has 44 heavy (non-hydrogen) atoms. The highest BCUT2D eigenvalue weighted by Crippen LogP contribution is 2.34. The van der Waals surface area contributed by atoms with Crippen LogP contribution < -0.4 is 20.1 Å². The summed E-state index contributed by atoms with van der Waals surface area (Å²) < 4.78 is 16.8. The second-order valence-corrected chi connectivity index (χ2v) is 11.0. The Balaban J connectivity index is 1.73. The van der Waals surface area contributed by atoms with Crippen molar-refractivity contribution in [2.75, 3.05) is 30.8 Å². The van der Waals surface area contributed by atoms with Gasteiger partial charge in [-0.1, -0.05) is 37.6 Å². The standard InChI is InChI=1S/C30H38N6O8/c1-6-7-16-42-28-32-26(31)25(36(40)41)27(33-28)35(19-24(37)38)18-21-10-14-23(15-11-21)43-22-12-8-20(9-13-22)17-34(5)29(39)44-30(2,3)4/h8-15H,6-7,16-19H2,1-5H3,(H,37,38)(H2,31,32,33). The molecule has 1 amide bonds. The zero-order valence-corrected chi connectivity index (χ0v) is 25.5. The van der Waals surface area contributed by atoms with Gasteiger partial charge in [0.05, 0.1) is 11.5 Å². The number of benzene rings is 2. The first-order valence-corrected chi connectivity index (χ1v) is 14.0. The Hall–Kier alpha value is -5.14. The van der Waals surface area contributed by atoms with E-state index in [0.29, 0.717) is 30.0 Å². The molecule has 236 valence electrons.